The van der Waals surface area contributed by atoms with E-state index >= 15 is 0 Å². The Morgan fingerprint density at radius 2 is 2.04 bits per heavy atom. The molecule has 1 atom stereocenters. The SMILES string of the molecule is COc1ccc(CNc2nc3ccccc3c3c2COCC3Br)c(OC)c1. The van der Waals surface area contributed by atoms with Gasteiger partial charge in [-0.05, 0) is 23.8 Å². The molecule has 6 heteroatoms. The molecule has 0 bridgehead atoms. The number of nitrogens with one attached hydrogen (secondary N) is 1. The lowest BCUT2D eigenvalue weighted by Gasteiger charge is -2.25. The van der Waals surface area contributed by atoms with Crippen LogP contribution in [-0.4, -0.2) is 25.8 Å². The van der Waals surface area contributed by atoms with Crippen LogP contribution >= 0.6 is 15.9 Å². The number of hydrogen-bond donors (Lipinski definition) is 1. The first-order valence-electron chi connectivity index (χ1n) is 8.79. The van der Waals surface area contributed by atoms with E-state index in [9.17, 15) is 0 Å². The highest BCUT2D eigenvalue weighted by molar-refractivity contribution is 9.09. The molecule has 1 N–H and O–H groups in total. The number of methoxy groups -OCH3 is 2. The maximum atomic E-state index is 5.76. The first-order chi connectivity index (χ1) is 13.2. The molecule has 5 nitrogen and oxygen atoms in total. The third-order valence-electron chi connectivity index (χ3n) is 4.80. The van der Waals surface area contributed by atoms with Crippen molar-refractivity contribution in [3.8, 4) is 11.5 Å². The summed E-state index contributed by atoms with van der Waals surface area (Å²) in [5.74, 6) is 2.41. The van der Waals surface area contributed by atoms with E-state index in [1.54, 1.807) is 14.2 Å². The quantitative estimate of drug-likeness (QED) is 0.589. The summed E-state index contributed by atoms with van der Waals surface area (Å²) in [4.78, 5) is 5.01. The zero-order valence-corrected chi connectivity index (χ0v) is 16.9. The standard InChI is InChI=1S/C21H21BrN2O3/c1-25-14-8-7-13(19(9-14)26-2)10-23-21-16-11-27-12-17(22)20(16)15-5-3-4-6-18(15)24-21/h3-9,17H,10-12H2,1-2H3,(H,23,24). The number of fused-ring (bicyclic) bond motifs is 3. The van der Waals surface area contributed by atoms with Crippen LogP contribution in [0.2, 0.25) is 0 Å². The highest BCUT2D eigenvalue weighted by atomic mass is 79.9. The number of aromatic nitrogens is 1. The molecular formula is C21H21BrN2O3. The van der Waals surface area contributed by atoms with Gasteiger partial charge in [-0.2, -0.15) is 0 Å². The number of ether oxygens (including phenoxy) is 3. The first-order valence-corrected chi connectivity index (χ1v) is 9.71. The lowest BCUT2D eigenvalue weighted by Crippen LogP contribution is -2.17. The average Bonchev–Trinajstić information content (AvgIpc) is 2.72. The smallest absolute Gasteiger partial charge is 0.132 e. The Kier molecular flexibility index (Phi) is 5.18. The monoisotopic (exact) mass is 428 g/mol. The number of para-hydroxylation sites is 1. The minimum absolute atomic E-state index is 0.158. The maximum absolute atomic E-state index is 5.76. The van der Waals surface area contributed by atoms with Gasteiger partial charge in [0.2, 0.25) is 0 Å². The highest BCUT2D eigenvalue weighted by Crippen LogP contribution is 2.39. The lowest BCUT2D eigenvalue weighted by atomic mass is 9.98. The number of anilines is 1. The lowest BCUT2D eigenvalue weighted by molar-refractivity contribution is 0.111. The van der Waals surface area contributed by atoms with Gasteiger partial charge in [0.15, 0.2) is 0 Å². The van der Waals surface area contributed by atoms with Crippen LogP contribution in [0.3, 0.4) is 0 Å². The summed E-state index contributed by atoms with van der Waals surface area (Å²) < 4.78 is 16.5. The van der Waals surface area contributed by atoms with Crippen molar-refractivity contribution in [1.82, 2.24) is 4.98 Å². The van der Waals surface area contributed by atoms with Crippen LogP contribution in [0, 0.1) is 0 Å². The van der Waals surface area contributed by atoms with Crippen molar-refractivity contribution < 1.29 is 14.2 Å². The molecular weight excluding hydrogens is 408 g/mol. The van der Waals surface area contributed by atoms with Crippen LogP contribution in [0.5, 0.6) is 11.5 Å². The van der Waals surface area contributed by atoms with Crippen molar-refractivity contribution in [1.29, 1.82) is 0 Å². The molecule has 1 aliphatic rings. The predicted molar refractivity (Wildman–Crippen MR) is 110 cm³/mol. The average molecular weight is 429 g/mol. The number of benzene rings is 2. The maximum Gasteiger partial charge on any atom is 0.132 e. The summed E-state index contributed by atoms with van der Waals surface area (Å²) in [5, 5.41) is 4.65. The van der Waals surface area contributed by atoms with E-state index in [2.05, 4.69) is 33.4 Å². The summed E-state index contributed by atoms with van der Waals surface area (Å²) in [5.41, 5.74) is 4.38. The molecule has 0 saturated carbocycles. The van der Waals surface area contributed by atoms with Crippen LogP contribution in [0.15, 0.2) is 42.5 Å². The molecule has 0 fully saturated rings. The third-order valence-corrected chi connectivity index (χ3v) is 5.52. The van der Waals surface area contributed by atoms with E-state index in [0.717, 1.165) is 34.0 Å². The highest BCUT2D eigenvalue weighted by Gasteiger charge is 2.25. The van der Waals surface area contributed by atoms with Gasteiger partial charge >= 0.3 is 0 Å². The van der Waals surface area contributed by atoms with E-state index in [1.165, 1.54) is 10.9 Å². The summed E-state index contributed by atoms with van der Waals surface area (Å²) in [6.07, 6.45) is 0. The van der Waals surface area contributed by atoms with Crippen LogP contribution in [-0.2, 0) is 17.9 Å². The zero-order valence-electron chi connectivity index (χ0n) is 15.3. The summed E-state index contributed by atoms with van der Waals surface area (Å²) in [6, 6.07) is 14.1. The third kappa shape index (κ3) is 3.47. The number of pyridine rings is 1. The van der Waals surface area contributed by atoms with E-state index in [0.29, 0.717) is 19.8 Å². The molecule has 0 spiro atoms. The number of rotatable bonds is 5. The molecule has 1 unspecified atom stereocenters. The summed E-state index contributed by atoms with van der Waals surface area (Å²) in [6.45, 7) is 1.81. The number of alkyl halides is 1. The van der Waals surface area contributed by atoms with Gasteiger partial charge in [0, 0.05) is 29.1 Å². The minimum Gasteiger partial charge on any atom is -0.497 e. The van der Waals surface area contributed by atoms with Crippen LogP contribution in [0.1, 0.15) is 21.5 Å². The molecule has 4 rings (SSSR count). The number of nitrogens with zero attached hydrogens (tertiary/aromatic N) is 1. The zero-order chi connectivity index (χ0) is 18.8. The predicted octanol–water partition coefficient (Wildman–Crippen LogP) is 4.83. The molecule has 2 aromatic carbocycles. The van der Waals surface area contributed by atoms with Gasteiger partial charge in [-0.15, -0.1) is 0 Å². The number of halogens is 1. The largest absolute Gasteiger partial charge is 0.497 e. The second-order valence-corrected chi connectivity index (χ2v) is 7.49. The van der Waals surface area contributed by atoms with Gasteiger partial charge in [-0.3, -0.25) is 0 Å². The molecule has 140 valence electrons. The first kappa shape index (κ1) is 18.1. The molecule has 2 heterocycles. The Morgan fingerprint density at radius 3 is 2.85 bits per heavy atom. The number of hydrogen-bond acceptors (Lipinski definition) is 5. The fourth-order valence-corrected chi connectivity index (χ4v) is 4.16. The topological polar surface area (TPSA) is 52.6 Å². The second kappa shape index (κ2) is 7.74. The van der Waals surface area contributed by atoms with Gasteiger partial charge < -0.3 is 19.5 Å². The van der Waals surface area contributed by atoms with Gasteiger partial charge in [0.1, 0.15) is 17.3 Å². The van der Waals surface area contributed by atoms with Crippen molar-refractivity contribution in [2.24, 2.45) is 0 Å². The molecule has 0 radical (unpaired) electrons. The van der Waals surface area contributed by atoms with E-state index < -0.39 is 0 Å². The molecule has 1 aromatic heterocycles. The molecule has 0 saturated heterocycles. The van der Waals surface area contributed by atoms with Crippen molar-refractivity contribution >= 4 is 32.7 Å². The summed E-state index contributed by atoms with van der Waals surface area (Å²) >= 11 is 3.76. The van der Waals surface area contributed by atoms with E-state index in [4.69, 9.17) is 19.2 Å². The van der Waals surface area contributed by atoms with E-state index in [1.807, 2.05) is 30.3 Å². The Balaban J connectivity index is 1.71. The Hall–Kier alpha value is -2.31. The van der Waals surface area contributed by atoms with Crippen molar-refractivity contribution in [3.05, 3.63) is 59.2 Å². The van der Waals surface area contributed by atoms with Gasteiger partial charge in [0.25, 0.3) is 0 Å². The normalized spacial score (nSPS) is 16.0. The fraction of sp³-hybridized carbons (Fsp3) is 0.286. The molecule has 1 aliphatic heterocycles. The fourth-order valence-electron chi connectivity index (χ4n) is 3.45. The van der Waals surface area contributed by atoms with Crippen LogP contribution < -0.4 is 14.8 Å². The summed E-state index contributed by atoms with van der Waals surface area (Å²) in [7, 11) is 3.31. The molecule has 27 heavy (non-hydrogen) atoms. The molecule has 0 aliphatic carbocycles. The van der Waals surface area contributed by atoms with Crippen molar-refractivity contribution in [2.75, 3.05) is 26.1 Å². The Labute approximate surface area is 166 Å². The van der Waals surface area contributed by atoms with Gasteiger partial charge in [-0.25, -0.2) is 4.98 Å². The van der Waals surface area contributed by atoms with Crippen LogP contribution in [0.4, 0.5) is 5.82 Å². The molecule has 0 amide bonds. The van der Waals surface area contributed by atoms with Gasteiger partial charge in [-0.1, -0.05) is 34.1 Å². The molecule has 3 aromatic rings. The second-order valence-electron chi connectivity index (χ2n) is 6.38. The minimum atomic E-state index is 0.158. The van der Waals surface area contributed by atoms with Gasteiger partial charge in [0.05, 0.1) is 37.8 Å². The van der Waals surface area contributed by atoms with Crippen molar-refractivity contribution in [2.45, 2.75) is 18.0 Å². The van der Waals surface area contributed by atoms with Crippen LogP contribution in [0.25, 0.3) is 10.9 Å². The Bertz CT molecular complexity index is 977. The van der Waals surface area contributed by atoms with Crippen molar-refractivity contribution in [3.63, 3.8) is 0 Å². The Morgan fingerprint density at radius 1 is 1.19 bits per heavy atom. The van der Waals surface area contributed by atoms with E-state index in [-0.39, 0.29) is 4.83 Å².